The number of rotatable bonds is 6. The van der Waals surface area contributed by atoms with Gasteiger partial charge in [0.1, 0.15) is 0 Å². The van der Waals surface area contributed by atoms with Crippen molar-refractivity contribution in [2.24, 2.45) is 0 Å². The molecule has 160 valence electrons. The van der Waals surface area contributed by atoms with Gasteiger partial charge in [0.05, 0.1) is 33.0 Å². The summed E-state index contributed by atoms with van der Waals surface area (Å²) in [5, 5.41) is 14.6. The lowest BCUT2D eigenvalue weighted by atomic mass is 10.2. The van der Waals surface area contributed by atoms with E-state index < -0.39 is 4.92 Å². The van der Waals surface area contributed by atoms with Crippen LogP contribution in [0.25, 0.3) is 16.6 Å². The van der Waals surface area contributed by atoms with Crippen molar-refractivity contribution in [3.8, 4) is 5.69 Å². The van der Waals surface area contributed by atoms with Crippen LogP contribution in [0.3, 0.4) is 0 Å². The fourth-order valence-electron chi connectivity index (χ4n) is 3.19. The summed E-state index contributed by atoms with van der Waals surface area (Å²) in [7, 11) is 0. The number of hydrogen-bond donors (Lipinski definition) is 1. The van der Waals surface area contributed by atoms with Crippen molar-refractivity contribution in [3.63, 3.8) is 0 Å². The first-order valence-corrected chi connectivity index (χ1v) is 10.7. The molecule has 1 N–H and O–H groups in total. The molecule has 0 saturated heterocycles. The third kappa shape index (κ3) is 4.37. The average molecular weight is 446 g/mol. The van der Waals surface area contributed by atoms with Gasteiger partial charge in [-0.1, -0.05) is 48.2 Å². The molecule has 4 aromatic rings. The molecule has 0 spiro atoms. The van der Waals surface area contributed by atoms with Crippen LogP contribution in [-0.2, 0) is 4.79 Å². The van der Waals surface area contributed by atoms with Crippen molar-refractivity contribution in [3.05, 3.63) is 98.8 Å². The summed E-state index contributed by atoms with van der Waals surface area (Å²) in [5.41, 5.74) is 1.94. The number of nitrogens with one attached hydrogen (secondary N) is 1. The van der Waals surface area contributed by atoms with Gasteiger partial charge in [-0.05, 0) is 36.8 Å². The molecule has 9 heteroatoms. The van der Waals surface area contributed by atoms with E-state index in [1.807, 2.05) is 18.2 Å². The molecule has 0 atom stereocenters. The number of nitrogens with zero attached hydrogens (tertiary/aromatic N) is 3. The minimum absolute atomic E-state index is 0.0280. The minimum atomic E-state index is -0.513. The second-order valence-electron chi connectivity index (χ2n) is 6.98. The number of anilines is 1. The van der Waals surface area contributed by atoms with E-state index in [-0.39, 0.29) is 22.9 Å². The molecule has 0 saturated carbocycles. The quantitative estimate of drug-likeness (QED) is 0.204. The first-order valence-electron chi connectivity index (χ1n) is 9.69. The number of non-ortho nitro benzene ring substituents is 1. The Labute approximate surface area is 187 Å². The van der Waals surface area contributed by atoms with Crippen molar-refractivity contribution >= 4 is 39.9 Å². The molecule has 1 aromatic heterocycles. The van der Waals surface area contributed by atoms with Crippen molar-refractivity contribution in [2.75, 3.05) is 11.1 Å². The Balaban J connectivity index is 1.63. The number of fused-ring (bicyclic) bond motifs is 1. The molecule has 4 rings (SSSR count). The van der Waals surface area contributed by atoms with Crippen molar-refractivity contribution in [2.45, 2.75) is 12.1 Å². The highest BCUT2D eigenvalue weighted by Gasteiger charge is 2.16. The number of carbonyl (C=O) groups is 1. The Kier molecular flexibility index (Phi) is 6.00. The predicted octanol–water partition coefficient (Wildman–Crippen LogP) is 4.33. The van der Waals surface area contributed by atoms with Gasteiger partial charge < -0.3 is 5.32 Å². The van der Waals surface area contributed by atoms with Gasteiger partial charge in [0.15, 0.2) is 5.16 Å². The highest BCUT2D eigenvalue weighted by molar-refractivity contribution is 7.99. The Morgan fingerprint density at radius 2 is 1.81 bits per heavy atom. The number of amides is 1. The van der Waals surface area contributed by atoms with Gasteiger partial charge in [0, 0.05) is 12.1 Å². The fourth-order valence-corrected chi connectivity index (χ4v) is 4.00. The zero-order valence-electron chi connectivity index (χ0n) is 17.0. The van der Waals surface area contributed by atoms with Crippen molar-refractivity contribution < 1.29 is 9.72 Å². The highest BCUT2D eigenvalue weighted by atomic mass is 32.2. The van der Waals surface area contributed by atoms with Crippen molar-refractivity contribution in [1.82, 2.24) is 9.55 Å². The minimum Gasteiger partial charge on any atom is -0.325 e. The van der Waals surface area contributed by atoms with Gasteiger partial charge in [-0.15, -0.1) is 0 Å². The number of thioether (sulfide) groups is 1. The van der Waals surface area contributed by atoms with E-state index >= 15 is 0 Å². The van der Waals surface area contributed by atoms with Crippen LogP contribution in [0, 0.1) is 17.0 Å². The van der Waals surface area contributed by atoms with Gasteiger partial charge in [-0.3, -0.25) is 24.3 Å². The zero-order valence-corrected chi connectivity index (χ0v) is 17.8. The van der Waals surface area contributed by atoms with Crippen LogP contribution in [0.5, 0.6) is 0 Å². The van der Waals surface area contributed by atoms with Gasteiger partial charge in [0.25, 0.3) is 11.2 Å². The maximum absolute atomic E-state index is 13.2. The Bertz CT molecular complexity index is 1390. The topological polar surface area (TPSA) is 107 Å². The van der Waals surface area contributed by atoms with E-state index in [1.54, 1.807) is 49.4 Å². The lowest BCUT2D eigenvalue weighted by molar-refractivity contribution is -0.384. The predicted molar refractivity (Wildman–Crippen MR) is 125 cm³/mol. The normalized spacial score (nSPS) is 10.8. The molecule has 0 aliphatic carbocycles. The number of carbonyl (C=O) groups excluding carboxylic acids is 1. The van der Waals surface area contributed by atoms with Crippen molar-refractivity contribution in [1.29, 1.82) is 0 Å². The lowest BCUT2D eigenvalue weighted by Crippen LogP contribution is -2.23. The lowest BCUT2D eigenvalue weighted by Gasteiger charge is -2.13. The van der Waals surface area contributed by atoms with E-state index in [2.05, 4.69) is 10.3 Å². The largest absolute Gasteiger partial charge is 0.325 e. The number of nitro benzene ring substituents is 1. The summed E-state index contributed by atoms with van der Waals surface area (Å²) in [6, 6.07) is 20.4. The van der Waals surface area contributed by atoms with Crippen LogP contribution < -0.4 is 10.9 Å². The summed E-state index contributed by atoms with van der Waals surface area (Å²) in [4.78, 5) is 40.9. The number of hydrogen-bond acceptors (Lipinski definition) is 6. The average Bonchev–Trinajstić information content (AvgIpc) is 2.79. The molecule has 0 aliphatic heterocycles. The molecular weight excluding hydrogens is 428 g/mol. The molecule has 3 aromatic carbocycles. The molecule has 0 unspecified atom stereocenters. The standard InChI is InChI=1S/C23H18N4O4S/c1-15-11-12-17(27(30)31)13-20(15)24-21(28)14-32-23-25-19-10-6-5-9-18(19)22(29)26(23)16-7-3-2-4-8-16/h2-13H,14H2,1H3,(H,24,28). The molecule has 0 aliphatic rings. The van der Waals surface area contributed by atoms with Crippen LogP contribution in [0.15, 0.2) is 82.7 Å². The molecule has 0 fully saturated rings. The number of aryl methyl sites for hydroxylation is 1. The van der Waals surface area contributed by atoms with Gasteiger partial charge in [0.2, 0.25) is 5.91 Å². The summed E-state index contributed by atoms with van der Waals surface area (Å²) >= 11 is 1.12. The maximum Gasteiger partial charge on any atom is 0.271 e. The third-order valence-electron chi connectivity index (χ3n) is 4.80. The highest BCUT2D eigenvalue weighted by Crippen LogP contribution is 2.24. The summed E-state index contributed by atoms with van der Waals surface area (Å²) in [6.07, 6.45) is 0. The van der Waals surface area contributed by atoms with Crippen LogP contribution in [0.2, 0.25) is 0 Å². The zero-order chi connectivity index (χ0) is 22.7. The number of aromatic nitrogens is 2. The van der Waals surface area contributed by atoms with E-state index in [9.17, 15) is 19.7 Å². The second-order valence-corrected chi connectivity index (χ2v) is 7.92. The van der Waals surface area contributed by atoms with Crippen LogP contribution >= 0.6 is 11.8 Å². The third-order valence-corrected chi connectivity index (χ3v) is 5.74. The van der Waals surface area contributed by atoms with Gasteiger partial charge in [-0.25, -0.2) is 4.98 Å². The Morgan fingerprint density at radius 1 is 1.09 bits per heavy atom. The SMILES string of the molecule is Cc1ccc([N+](=O)[O-])cc1NC(=O)CSc1nc2ccccc2c(=O)n1-c1ccccc1. The molecule has 0 bridgehead atoms. The van der Waals surface area contributed by atoms with Gasteiger partial charge >= 0.3 is 0 Å². The summed E-state index contributed by atoms with van der Waals surface area (Å²) in [5.74, 6) is -0.389. The number of benzene rings is 3. The Morgan fingerprint density at radius 3 is 2.56 bits per heavy atom. The molecule has 1 amide bonds. The smallest absolute Gasteiger partial charge is 0.271 e. The van der Waals surface area contributed by atoms with Crippen LogP contribution in [-0.4, -0.2) is 26.1 Å². The molecular formula is C23H18N4O4S. The van der Waals surface area contributed by atoms with Crippen LogP contribution in [0.1, 0.15) is 5.56 Å². The molecule has 0 radical (unpaired) electrons. The monoisotopic (exact) mass is 446 g/mol. The molecule has 1 heterocycles. The van der Waals surface area contributed by atoms with E-state index in [4.69, 9.17) is 0 Å². The summed E-state index contributed by atoms with van der Waals surface area (Å²) < 4.78 is 1.49. The van der Waals surface area contributed by atoms with Crippen LogP contribution in [0.4, 0.5) is 11.4 Å². The number of nitro groups is 1. The molecule has 8 nitrogen and oxygen atoms in total. The number of para-hydroxylation sites is 2. The van der Waals surface area contributed by atoms with Gasteiger partial charge in [-0.2, -0.15) is 0 Å². The van der Waals surface area contributed by atoms with E-state index in [1.165, 1.54) is 16.7 Å². The first kappa shape index (κ1) is 21.3. The van der Waals surface area contributed by atoms with E-state index in [0.29, 0.717) is 33.0 Å². The Hall–Kier alpha value is -3.98. The maximum atomic E-state index is 13.2. The van der Waals surface area contributed by atoms with E-state index in [0.717, 1.165) is 11.8 Å². The molecule has 32 heavy (non-hydrogen) atoms. The second kappa shape index (κ2) is 9.03. The summed E-state index contributed by atoms with van der Waals surface area (Å²) in [6.45, 7) is 1.75. The fraction of sp³-hybridized carbons (Fsp3) is 0.0870. The first-order chi connectivity index (χ1) is 15.4.